The van der Waals surface area contributed by atoms with Crippen LogP contribution in [-0.2, 0) is 14.2 Å². The van der Waals surface area contributed by atoms with Crippen molar-refractivity contribution in [2.75, 3.05) is 0 Å². The number of hydrogen-bond acceptors (Lipinski definition) is 4. The third-order valence-corrected chi connectivity index (χ3v) is 2.26. The Labute approximate surface area is 71.4 Å². The molecule has 2 aliphatic heterocycles. The molecule has 2 aliphatic rings. The molecule has 70 valence electrons. The first-order valence-electron chi connectivity index (χ1n) is 4.19. The van der Waals surface area contributed by atoms with Crippen LogP contribution in [0.5, 0.6) is 0 Å². The average Bonchev–Trinajstić information content (AvgIpc) is 2.34. The van der Waals surface area contributed by atoms with Gasteiger partial charge in [-0.15, -0.1) is 0 Å². The number of hydrogen-bond donors (Lipinski definition) is 1. The van der Waals surface area contributed by atoms with Crippen molar-refractivity contribution < 1.29 is 19.3 Å². The second kappa shape index (κ2) is 2.42. The van der Waals surface area contributed by atoms with Gasteiger partial charge in [0.25, 0.3) is 0 Å². The van der Waals surface area contributed by atoms with Crippen LogP contribution < -0.4 is 0 Å². The predicted molar refractivity (Wildman–Crippen MR) is 40.4 cm³/mol. The van der Waals surface area contributed by atoms with Gasteiger partial charge in [-0.2, -0.15) is 0 Å². The molecular formula is C8H14O4. The van der Waals surface area contributed by atoms with Crippen LogP contribution in [0.2, 0.25) is 0 Å². The molecule has 4 heteroatoms. The van der Waals surface area contributed by atoms with Gasteiger partial charge in [0.1, 0.15) is 12.2 Å². The topological polar surface area (TPSA) is 47.9 Å². The van der Waals surface area contributed by atoms with Crippen LogP contribution in [0.15, 0.2) is 0 Å². The molecule has 0 amide bonds. The number of rotatable bonds is 0. The Morgan fingerprint density at radius 1 is 1.17 bits per heavy atom. The zero-order chi connectivity index (χ0) is 8.93. The van der Waals surface area contributed by atoms with Gasteiger partial charge in [0, 0.05) is 0 Å². The summed E-state index contributed by atoms with van der Waals surface area (Å²) in [5, 5.41) is 9.37. The minimum atomic E-state index is -0.841. The van der Waals surface area contributed by atoms with Gasteiger partial charge in [0.2, 0.25) is 0 Å². The van der Waals surface area contributed by atoms with Crippen molar-refractivity contribution in [2.24, 2.45) is 0 Å². The summed E-state index contributed by atoms with van der Waals surface area (Å²) in [6.45, 7) is 5.55. The molecule has 2 heterocycles. The highest BCUT2D eigenvalue weighted by Crippen LogP contribution is 2.37. The van der Waals surface area contributed by atoms with E-state index in [1.807, 2.05) is 20.8 Å². The van der Waals surface area contributed by atoms with E-state index in [1.54, 1.807) is 0 Å². The van der Waals surface area contributed by atoms with Gasteiger partial charge in [0.05, 0.1) is 6.10 Å². The molecule has 0 radical (unpaired) electrons. The van der Waals surface area contributed by atoms with Gasteiger partial charge < -0.3 is 19.3 Å². The molecule has 0 spiro atoms. The SMILES string of the molecule is C[C@H]1O[C@@H](O)[C@@H]2OC(C)(C)OC21. The van der Waals surface area contributed by atoms with Gasteiger partial charge in [0.15, 0.2) is 12.1 Å². The van der Waals surface area contributed by atoms with E-state index >= 15 is 0 Å². The largest absolute Gasteiger partial charge is 0.366 e. The first-order valence-corrected chi connectivity index (χ1v) is 4.19. The molecule has 2 fully saturated rings. The Hall–Kier alpha value is -0.160. The quantitative estimate of drug-likeness (QED) is 0.571. The van der Waals surface area contributed by atoms with Crippen molar-refractivity contribution in [1.29, 1.82) is 0 Å². The van der Waals surface area contributed by atoms with Crippen LogP contribution in [0.25, 0.3) is 0 Å². The van der Waals surface area contributed by atoms with E-state index < -0.39 is 12.1 Å². The molecule has 1 N–H and O–H groups in total. The number of aliphatic hydroxyl groups is 1. The summed E-state index contributed by atoms with van der Waals surface area (Å²) >= 11 is 0. The van der Waals surface area contributed by atoms with Gasteiger partial charge in [-0.25, -0.2) is 0 Å². The Morgan fingerprint density at radius 2 is 1.75 bits per heavy atom. The zero-order valence-corrected chi connectivity index (χ0v) is 7.48. The second-order valence-electron chi connectivity index (χ2n) is 3.80. The predicted octanol–water partition coefficient (Wildman–Crippen LogP) is 0.244. The maximum absolute atomic E-state index is 9.37. The van der Waals surface area contributed by atoms with Crippen LogP contribution in [0.4, 0.5) is 0 Å². The maximum atomic E-state index is 9.37. The third kappa shape index (κ3) is 1.15. The molecule has 0 aliphatic carbocycles. The van der Waals surface area contributed by atoms with E-state index in [4.69, 9.17) is 14.2 Å². The molecule has 2 rings (SSSR count). The molecule has 0 aromatic rings. The standard InChI is InChI=1S/C8H14O4/c1-4-5-6(7(9)10-4)12-8(2,3)11-5/h4-7,9H,1-3H3/t4-,5?,6-,7-/m1/s1. The van der Waals surface area contributed by atoms with E-state index in [0.29, 0.717) is 0 Å². The molecular weight excluding hydrogens is 160 g/mol. The Balaban J connectivity index is 2.15. The first-order chi connectivity index (χ1) is 5.49. The Morgan fingerprint density at radius 3 is 2.33 bits per heavy atom. The van der Waals surface area contributed by atoms with Gasteiger partial charge >= 0.3 is 0 Å². The molecule has 0 bridgehead atoms. The van der Waals surface area contributed by atoms with Crippen molar-refractivity contribution in [3.8, 4) is 0 Å². The molecule has 1 unspecified atom stereocenters. The summed E-state index contributed by atoms with van der Waals surface area (Å²) in [4.78, 5) is 0. The summed E-state index contributed by atoms with van der Waals surface area (Å²) < 4.78 is 16.1. The second-order valence-corrected chi connectivity index (χ2v) is 3.80. The monoisotopic (exact) mass is 174 g/mol. The summed E-state index contributed by atoms with van der Waals surface area (Å²) in [5.41, 5.74) is 0. The molecule has 0 aromatic heterocycles. The van der Waals surface area contributed by atoms with Crippen LogP contribution in [0, 0.1) is 0 Å². The van der Waals surface area contributed by atoms with E-state index in [0.717, 1.165) is 0 Å². The Kier molecular flexibility index (Phi) is 1.70. The van der Waals surface area contributed by atoms with Crippen molar-refractivity contribution in [1.82, 2.24) is 0 Å². The highest BCUT2D eigenvalue weighted by atomic mass is 16.8. The van der Waals surface area contributed by atoms with Crippen LogP contribution in [-0.4, -0.2) is 35.5 Å². The van der Waals surface area contributed by atoms with Crippen molar-refractivity contribution in [3.63, 3.8) is 0 Å². The maximum Gasteiger partial charge on any atom is 0.184 e. The highest BCUT2D eigenvalue weighted by Gasteiger charge is 2.53. The Bertz CT molecular complexity index is 173. The van der Waals surface area contributed by atoms with E-state index in [1.165, 1.54) is 0 Å². The number of aliphatic hydroxyl groups excluding tert-OH is 1. The third-order valence-electron chi connectivity index (χ3n) is 2.26. The van der Waals surface area contributed by atoms with Gasteiger partial charge in [-0.05, 0) is 20.8 Å². The zero-order valence-electron chi connectivity index (χ0n) is 7.48. The molecule has 12 heavy (non-hydrogen) atoms. The smallest absolute Gasteiger partial charge is 0.184 e. The van der Waals surface area contributed by atoms with E-state index in [9.17, 15) is 5.11 Å². The fraction of sp³-hybridized carbons (Fsp3) is 1.00. The fourth-order valence-electron chi connectivity index (χ4n) is 1.78. The lowest BCUT2D eigenvalue weighted by Crippen LogP contribution is -2.29. The van der Waals surface area contributed by atoms with E-state index in [-0.39, 0.29) is 18.3 Å². The number of ether oxygens (including phenoxy) is 3. The lowest BCUT2D eigenvalue weighted by atomic mass is 10.2. The van der Waals surface area contributed by atoms with Crippen molar-refractivity contribution in [2.45, 2.75) is 51.2 Å². The fourth-order valence-corrected chi connectivity index (χ4v) is 1.78. The molecule has 0 saturated carbocycles. The van der Waals surface area contributed by atoms with E-state index in [2.05, 4.69) is 0 Å². The normalized spacial score (nSPS) is 51.0. The van der Waals surface area contributed by atoms with Gasteiger partial charge in [-0.3, -0.25) is 0 Å². The summed E-state index contributed by atoms with van der Waals surface area (Å²) in [5.74, 6) is -0.589. The van der Waals surface area contributed by atoms with Crippen LogP contribution in [0.3, 0.4) is 0 Å². The summed E-state index contributed by atoms with van der Waals surface area (Å²) in [6, 6.07) is 0. The first kappa shape index (κ1) is 8.44. The lowest BCUT2D eigenvalue weighted by Gasteiger charge is -2.20. The average molecular weight is 174 g/mol. The number of fused-ring (bicyclic) bond motifs is 1. The lowest BCUT2D eigenvalue weighted by molar-refractivity contribution is -0.217. The minimum absolute atomic E-state index is 0.0909. The highest BCUT2D eigenvalue weighted by molar-refractivity contribution is 4.92. The van der Waals surface area contributed by atoms with Crippen LogP contribution in [0.1, 0.15) is 20.8 Å². The minimum Gasteiger partial charge on any atom is -0.366 e. The molecule has 2 saturated heterocycles. The van der Waals surface area contributed by atoms with Crippen LogP contribution >= 0.6 is 0 Å². The van der Waals surface area contributed by atoms with Crippen molar-refractivity contribution in [3.05, 3.63) is 0 Å². The summed E-state index contributed by atoms with van der Waals surface area (Å²) in [7, 11) is 0. The molecule has 4 atom stereocenters. The van der Waals surface area contributed by atoms with Crippen molar-refractivity contribution >= 4 is 0 Å². The van der Waals surface area contributed by atoms with Gasteiger partial charge in [-0.1, -0.05) is 0 Å². The summed E-state index contributed by atoms with van der Waals surface area (Å²) in [6.07, 6.45) is -1.39. The molecule has 4 nitrogen and oxygen atoms in total. The molecule has 0 aromatic carbocycles.